The Bertz CT molecular complexity index is 1560. The number of ketones is 1. The zero-order valence-electron chi connectivity index (χ0n) is 21.7. The third-order valence-electron chi connectivity index (χ3n) is 6.47. The molecule has 1 unspecified atom stereocenters. The predicted molar refractivity (Wildman–Crippen MR) is 154 cm³/mol. The Morgan fingerprint density at radius 1 is 0.821 bits per heavy atom. The molecule has 0 aliphatic carbocycles. The Labute approximate surface area is 227 Å². The smallest absolute Gasteiger partial charge is 0.308 e. The molecule has 7 nitrogen and oxygen atoms in total. The molecule has 0 saturated heterocycles. The first-order chi connectivity index (χ1) is 18.9. The number of hydrogen-bond donors (Lipinski definition) is 2. The van der Waals surface area contributed by atoms with E-state index in [1.165, 1.54) is 4.90 Å². The average molecular weight is 517 g/mol. The van der Waals surface area contributed by atoms with Crippen LogP contribution in [-0.2, 0) is 4.79 Å². The van der Waals surface area contributed by atoms with E-state index in [0.29, 0.717) is 28.2 Å². The fourth-order valence-electron chi connectivity index (χ4n) is 4.50. The third-order valence-corrected chi connectivity index (χ3v) is 6.47. The fraction of sp³-hybridized carbons (Fsp3) is 0.125. The van der Waals surface area contributed by atoms with Crippen molar-refractivity contribution in [1.29, 1.82) is 0 Å². The molecule has 7 heteroatoms. The SMILES string of the molecule is Cc1ccc(C(=O)CN2C(=O)C(NC(=O)Nc3cccc(C)c3)N=C(c3ccccc3)c3ccccc32)cc1. The van der Waals surface area contributed by atoms with Crippen LogP contribution in [0, 0.1) is 13.8 Å². The minimum atomic E-state index is -1.26. The molecular formula is C32H28N4O3. The average Bonchev–Trinajstić information content (AvgIpc) is 3.04. The Kier molecular flexibility index (Phi) is 7.32. The molecule has 1 aliphatic heterocycles. The lowest BCUT2D eigenvalue weighted by atomic mass is 10.00. The molecule has 4 aromatic carbocycles. The maximum Gasteiger partial charge on any atom is 0.321 e. The second-order valence-corrected chi connectivity index (χ2v) is 9.44. The molecule has 0 fully saturated rings. The minimum Gasteiger partial charge on any atom is -0.308 e. The van der Waals surface area contributed by atoms with Gasteiger partial charge in [-0.05, 0) is 37.6 Å². The number of hydrogen-bond acceptors (Lipinski definition) is 4. The molecule has 2 N–H and O–H groups in total. The summed E-state index contributed by atoms with van der Waals surface area (Å²) in [5.41, 5.74) is 5.69. The number of Topliss-reactive ketones (excluding diaryl/α,β-unsaturated/α-hetero) is 1. The van der Waals surface area contributed by atoms with Gasteiger partial charge in [0.05, 0.1) is 17.9 Å². The summed E-state index contributed by atoms with van der Waals surface area (Å²) in [5.74, 6) is -0.725. The summed E-state index contributed by atoms with van der Waals surface area (Å²) in [6.07, 6.45) is -1.26. The molecule has 194 valence electrons. The number of rotatable bonds is 6. The zero-order valence-corrected chi connectivity index (χ0v) is 21.7. The first-order valence-electron chi connectivity index (χ1n) is 12.7. The van der Waals surface area contributed by atoms with Gasteiger partial charge in [0.15, 0.2) is 5.78 Å². The summed E-state index contributed by atoms with van der Waals surface area (Å²) in [5, 5.41) is 5.50. The van der Waals surface area contributed by atoms with Crippen LogP contribution in [0.15, 0.2) is 108 Å². The van der Waals surface area contributed by atoms with Gasteiger partial charge < -0.3 is 15.5 Å². The summed E-state index contributed by atoms with van der Waals surface area (Å²) < 4.78 is 0. The summed E-state index contributed by atoms with van der Waals surface area (Å²) in [7, 11) is 0. The van der Waals surface area contributed by atoms with E-state index in [2.05, 4.69) is 10.6 Å². The maximum absolute atomic E-state index is 14.0. The van der Waals surface area contributed by atoms with Crippen LogP contribution in [-0.4, -0.2) is 36.1 Å². The van der Waals surface area contributed by atoms with Crippen molar-refractivity contribution in [3.8, 4) is 0 Å². The summed E-state index contributed by atoms with van der Waals surface area (Å²) >= 11 is 0. The molecule has 0 spiro atoms. The Morgan fingerprint density at radius 2 is 1.54 bits per heavy atom. The normalized spacial score (nSPS) is 14.6. The molecule has 0 radical (unpaired) electrons. The Balaban J connectivity index is 1.53. The molecular weight excluding hydrogens is 488 g/mol. The monoisotopic (exact) mass is 516 g/mol. The number of benzene rings is 4. The molecule has 1 atom stereocenters. The van der Waals surface area contributed by atoms with Crippen molar-refractivity contribution in [3.05, 3.63) is 131 Å². The van der Waals surface area contributed by atoms with Crippen molar-refractivity contribution in [2.75, 3.05) is 16.8 Å². The van der Waals surface area contributed by atoms with Gasteiger partial charge in [-0.25, -0.2) is 9.79 Å². The van der Waals surface area contributed by atoms with Crippen LogP contribution < -0.4 is 15.5 Å². The predicted octanol–water partition coefficient (Wildman–Crippen LogP) is 5.52. The van der Waals surface area contributed by atoms with Crippen LogP contribution >= 0.6 is 0 Å². The van der Waals surface area contributed by atoms with E-state index >= 15 is 0 Å². The van der Waals surface area contributed by atoms with Gasteiger partial charge in [0, 0.05) is 22.4 Å². The van der Waals surface area contributed by atoms with Crippen LogP contribution in [0.2, 0.25) is 0 Å². The highest BCUT2D eigenvalue weighted by molar-refractivity contribution is 6.21. The van der Waals surface area contributed by atoms with Crippen molar-refractivity contribution in [1.82, 2.24) is 5.32 Å². The number of aliphatic imine (C=N–C) groups is 1. The molecule has 1 heterocycles. The van der Waals surface area contributed by atoms with Crippen LogP contribution in [0.3, 0.4) is 0 Å². The van der Waals surface area contributed by atoms with E-state index < -0.39 is 18.1 Å². The highest BCUT2D eigenvalue weighted by Crippen LogP contribution is 2.28. The number of nitrogens with zero attached hydrogens (tertiary/aromatic N) is 2. The number of amides is 3. The Hall–Kier alpha value is -5.04. The topological polar surface area (TPSA) is 90.9 Å². The first-order valence-corrected chi connectivity index (χ1v) is 12.7. The van der Waals surface area contributed by atoms with Crippen molar-refractivity contribution in [2.24, 2.45) is 4.99 Å². The highest BCUT2D eigenvalue weighted by atomic mass is 16.2. The van der Waals surface area contributed by atoms with E-state index in [9.17, 15) is 14.4 Å². The lowest BCUT2D eigenvalue weighted by molar-refractivity contribution is -0.120. The number of nitrogens with one attached hydrogen (secondary N) is 2. The van der Waals surface area contributed by atoms with Gasteiger partial charge in [-0.2, -0.15) is 0 Å². The quantitative estimate of drug-likeness (QED) is 0.331. The second-order valence-electron chi connectivity index (χ2n) is 9.44. The third kappa shape index (κ3) is 5.78. The molecule has 0 aromatic heterocycles. The van der Waals surface area contributed by atoms with Crippen molar-refractivity contribution in [2.45, 2.75) is 20.0 Å². The number of carbonyl (C=O) groups excluding carboxylic acids is 3. The van der Waals surface area contributed by atoms with Gasteiger partial charge in [0.25, 0.3) is 5.91 Å². The van der Waals surface area contributed by atoms with Crippen molar-refractivity contribution < 1.29 is 14.4 Å². The van der Waals surface area contributed by atoms with Crippen LogP contribution in [0.5, 0.6) is 0 Å². The molecule has 5 rings (SSSR count). The molecule has 4 aromatic rings. The Morgan fingerprint density at radius 3 is 2.28 bits per heavy atom. The van der Waals surface area contributed by atoms with Crippen molar-refractivity contribution in [3.63, 3.8) is 0 Å². The van der Waals surface area contributed by atoms with Gasteiger partial charge >= 0.3 is 6.03 Å². The van der Waals surface area contributed by atoms with E-state index in [0.717, 1.165) is 16.7 Å². The standard InChI is InChI=1S/C32H28N4O3/c1-21-15-17-23(18-16-21)28(37)20-36-27-14-7-6-13-26(27)29(24-10-4-3-5-11-24)34-30(31(36)38)35-32(39)33-25-12-8-9-22(2)19-25/h3-19,30H,20H2,1-2H3,(H2,33,35,39). The largest absolute Gasteiger partial charge is 0.321 e. The van der Waals surface area contributed by atoms with Crippen LogP contribution in [0.4, 0.5) is 16.2 Å². The van der Waals surface area contributed by atoms with E-state index in [1.807, 2.05) is 92.7 Å². The molecule has 39 heavy (non-hydrogen) atoms. The number of aryl methyl sites for hydroxylation is 2. The second kappa shape index (κ2) is 11.1. The number of urea groups is 1. The lowest BCUT2D eigenvalue weighted by Gasteiger charge is -2.25. The maximum atomic E-state index is 14.0. The van der Waals surface area contributed by atoms with Crippen LogP contribution in [0.25, 0.3) is 0 Å². The van der Waals surface area contributed by atoms with Gasteiger partial charge in [0.2, 0.25) is 6.17 Å². The highest BCUT2D eigenvalue weighted by Gasteiger charge is 2.34. The van der Waals surface area contributed by atoms with Gasteiger partial charge in [-0.15, -0.1) is 0 Å². The molecule has 1 aliphatic rings. The number of benzodiazepines with no additional fused rings is 1. The number of carbonyl (C=O) groups is 3. The molecule has 0 bridgehead atoms. The number of para-hydroxylation sites is 1. The van der Waals surface area contributed by atoms with Gasteiger partial charge in [0.1, 0.15) is 0 Å². The van der Waals surface area contributed by atoms with Crippen molar-refractivity contribution >= 4 is 34.8 Å². The summed E-state index contributed by atoms with van der Waals surface area (Å²) in [4.78, 5) is 46.5. The first kappa shape index (κ1) is 25.6. The van der Waals surface area contributed by atoms with Gasteiger partial charge in [-0.1, -0.05) is 90.5 Å². The minimum absolute atomic E-state index is 0.200. The van der Waals surface area contributed by atoms with E-state index in [1.54, 1.807) is 24.3 Å². The summed E-state index contributed by atoms with van der Waals surface area (Å²) in [6, 6.07) is 30.8. The summed E-state index contributed by atoms with van der Waals surface area (Å²) in [6.45, 7) is 3.67. The van der Waals surface area contributed by atoms with Crippen LogP contribution in [0.1, 0.15) is 32.6 Å². The fourth-order valence-corrected chi connectivity index (χ4v) is 4.50. The lowest BCUT2D eigenvalue weighted by Crippen LogP contribution is -2.49. The van der Waals surface area contributed by atoms with E-state index in [-0.39, 0.29) is 12.3 Å². The zero-order chi connectivity index (χ0) is 27.4. The molecule has 3 amide bonds. The number of anilines is 2. The number of fused-ring (bicyclic) bond motifs is 1. The van der Waals surface area contributed by atoms with E-state index in [4.69, 9.17) is 4.99 Å². The van der Waals surface area contributed by atoms with Gasteiger partial charge in [-0.3, -0.25) is 9.59 Å². The molecule has 0 saturated carbocycles.